The maximum absolute atomic E-state index is 13.1. The molecule has 1 spiro atoms. The van der Waals surface area contributed by atoms with E-state index >= 15 is 0 Å². The largest absolute Gasteiger partial charge is 0.345 e. The first kappa shape index (κ1) is 21.8. The molecule has 3 rings (SSSR count). The number of carbonyl (C=O) groups excluding carboxylic acids is 4. The minimum absolute atomic E-state index is 0.0852. The van der Waals surface area contributed by atoms with Gasteiger partial charge >= 0.3 is 6.03 Å². The number of nitrogens with zero attached hydrogens (tertiary/aromatic N) is 3. The van der Waals surface area contributed by atoms with Crippen LogP contribution in [0.1, 0.15) is 55.5 Å². The first-order chi connectivity index (χ1) is 14.2. The van der Waals surface area contributed by atoms with Gasteiger partial charge in [0.2, 0.25) is 5.91 Å². The fourth-order valence-electron chi connectivity index (χ4n) is 4.26. The van der Waals surface area contributed by atoms with E-state index < -0.39 is 17.6 Å². The second kappa shape index (κ2) is 8.45. The smallest absolute Gasteiger partial charge is 0.325 e. The molecule has 1 aromatic carbocycles. The maximum Gasteiger partial charge on any atom is 0.325 e. The highest BCUT2D eigenvalue weighted by atomic mass is 16.2. The first-order valence-corrected chi connectivity index (χ1v) is 10.5. The van der Waals surface area contributed by atoms with E-state index in [9.17, 15) is 19.2 Å². The lowest BCUT2D eigenvalue weighted by atomic mass is 9.97. The number of imide groups is 1. The Morgan fingerprint density at radius 3 is 2.27 bits per heavy atom. The van der Waals surface area contributed by atoms with Crippen LogP contribution in [-0.2, 0) is 16.1 Å². The second-order valence-electron chi connectivity index (χ2n) is 8.32. The molecule has 1 N–H and O–H groups in total. The van der Waals surface area contributed by atoms with Gasteiger partial charge in [0.05, 0.1) is 0 Å². The van der Waals surface area contributed by atoms with Gasteiger partial charge in [-0.05, 0) is 44.4 Å². The number of urea groups is 1. The van der Waals surface area contributed by atoms with Crippen LogP contribution in [0.3, 0.4) is 0 Å². The Morgan fingerprint density at radius 1 is 1.13 bits per heavy atom. The molecule has 1 heterocycles. The molecule has 30 heavy (non-hydrogen) atoms. The molecule has 2 aliphatic rings. The van der Waals surface area contributed by atoms with Gasteiger partial charge in [-0.2, -0.15) is 0 Å². The standard InChI is InChI=1S/C22H30N4O4/c1-5-25(14-16-8-10-17(11-9-16)19(28)24(3)4)18(27)15(2)26-20(29)22(23-21(26)30)12-6-7-13-22/h8-11,15H,5-7,12-14H2,1-4H3,(H,23,30). The molecule has 1 aliphatic heterocycles. The molecule has 162 valence electrons. The predicted octanol–water partition coefficient (Wildman–Crippen LogP) is 1.99. The van der Waals surface area contributed by atoms with Gasteiger partial charge in [-0.1, -0.05) is 25.0 Å². The molecule has 1 saturated heterocycles. The SMILES string of the molecule is CCN(Cc1ccc(C(=O)N(C)C)cc1)C(=O)C(C)N1C(=O)NC2(CCCC2)C1=O. The van der Waals surface area contributed by atoms with Crippen molar-refractivity contribution in [1.82, 2.24) is 20.0 Å². The van der Waals surface area contributed by atoms with E-state index in [0.29, 0.717) is 31.5 Å². The van der Waals surface area contributed by atoms with Gasteiger partial charge in [0.15, 0.2) is 0 Å². The van der Waals surface area contributed by atoms with Crippen molar-refractivity contribution in [3.8, 4) is 0 Å². The van der Waals surface area contributed by atoms with Crippen LogP contribution in [0.4, 0.5) is 4.79 Å². The van der Waals surface area contributed by atoms with Crippen LogP contribution >= 0.6 is 0 Å². The third kappa shape index (κ3) is 3.91. The monoisotopic (exact) mass is 414 g/mol. The normalized spacial score (nSPS) is 18.5. The summed E-state index contributed by atoms with van der Waals surface area (Å²) in [4.78, 5) is 54.8. The predicted molar refractivity (Wildman–Crippen MR) is 112 cm³/mol. The van der Waals surface area contributed by atoms with Crippen LogP contribution in [0.25, 0.3) is 0 Å². The highest BCUT2D eigenvalue weighted by Crippen LogP contribution is 2.36. The summed E-state index contributed by atoms with van der Waals surface area (Å²) in [5, 5.41) is 2.83. The molecule has 1 atom stereocenters. The number of benzene rings is 1. The first-order valence-electron chi connectivity index (χ1n) is 10.5. The molecule has 5 amide bonds. The Morgan fingerprint density at radius 2 is 1.73 bits per heavy atom. The minimum atomic E-state index is -0.869. The Labute approximate surface area is 177 Å². The summed E-state index contributed by atoms with van der Waals surface area (Å²) in [5.74, 6) is -0.643. The van der Waals surface area contributed by atoms with Crippen LogP contribution in [0.2, 0.25) is 0 Å². The molecule has 0 radical (unpaired) electrons. The van der Waals surface area contributed by atoms with Crippen molar-refractivity contribution in [3.05, 3.63) is 35.4 Å². The summed E-state index contributed by atoms with van der Waals surface area (Å²) in [7, 11) is 3.39. The molecule has 1 aliphatic carbocycles. The van der Waals surface area contributed by atoms with Crippen molar-refractivity contribution < 1.29 is 19.2 Å². The van der Waals surface area contributed by atoms with Gasteiger partial charge in [-0.3, -0.25) is 14.4 Å². The van der Waals surface area contributed by atoms with Gasteiger partial charge in [0.1, 0.15) is 11.6 Å². The highest BCUT2D eigenvalue weighted by Gasteiger charge is 2.54. The van der Waals surface area contributed by atoms with Gasteiger partial charge in [0.25, 0.3) is 11.8 Å². The van der Waals surface area contributed by atoms with Crippen LogP contribution in [0, 0.1) is 0 Å². The summed E-state index contributed by atoms with van der Waals surface area (Å²) < 4.78 is 0. The van der Waals surface area contributed by atoms with E-state index in [1.165, 1.54) is 4.90 Å². The minimum Gasteiger partial charge on any atom is -0.345 e. The van der Waals surface area contributed by atoms with E-state index in [2.05, 4.69) is 5.32 Å². The van der Waals surface area contributed by atoms with E-state index in [4.69, 9.17) is 0 Å². The molecule has 8 heteroatoms. The van der Waals surface area contributed by atoms with E-state index in [1.54, 1.807) is 38.1 Å². The number of hydrogen-bond acceptors (Lipinski definition) is 4. The highest BCUT2D eigenvalue weighted by molar-refractivity contribution is 6.10. The lowest BCUT2D eigenvalue weighted by Gasteiger charge is -2.29. The van der Waals surface area contributed by atoms with Crippen molar-refractivity contribution in [2.75, 3.05) is 20.6 Å². The number of likely N-dealkylation sites (N-methyl/N-ethyl adjacent to an activating group) is 1. The molecule has 8 nitrogen and oxygen atoms in total. The molecule has 1 unspecified atom stereocenters. The Kier molecular flexibility index (Phi) is 6.14. The van der Waals surface area contributed by atoms with Crippen LogP contribution in [0.15, 0.2) is 24.3 Å². The zero-order valence-electron chi connectivity index (χ0n) is 18.1. The lowest BCUT2D eigenvalue weighted by molar-refractivity contribution is -0.143. The van der Waals surface area contributed by atoms with Gasteiger partial charge in [0, 0.05) is 32.7 Å². The molecule has 0 aromatic heterocycles. The van der Waals surface area contributed by atoms with Crippen molar-refractivity contribution >= 4 is 23.8 Å². The van der Waals surface area contributed by atoms with E-state index in [1.807, 2.05) is 19.1 Å². The molecule has 2 fully saturated rings. The number of amides is 5. The molecule has 0 bridgehead atoms. The van der Waals surface area contributed by atoms with E-state index in [-0.39, 0.29) is 17.7 Å². The molecule has 1 aromatic rings. The topological polar surface area (TPSA) is 90.0 Å². The Balaban J connectivity index is 1.70. The van der Waals surface area contributed by atoms with E-state index in [0.717, 1.165) is 23.3 Å². The zero-order chi connectivity index (χ0) is 22.1. The third-order valence-corrected chi connectivity index (χ3v) is 6.07. The Bertz CT molecular complexity index is 843. The van der Waals surface area contributed by atoms with Crippen molar-refractivity contribution in [3.63, 3.8) is 0 Å². The summed E-state index contributed by atoms with van der Waals surface area (Å²) >= 11 is 0. The summed E-state index contributed by atoms with van der Waals surface area (Å²) in [6.45, 7) is 4.25. The van der Waals surface area contributed by atoms with Crippen molar-refractivity contribution in [2.45, 2.75) is 57.7 Å². The second-order valence-corrected chi connectivity index (χ2v) is 8.32. The summed E-state index contributed by atoms with van der Waals surface area (Å²) in [6, 6.07) is 5.76. The third-order valence-electron chi connectivity index (χ3n) is 6.07. The van der Waals surface area contributed by atoms with Crippen LogP contribution in [0.5, 0.6) is 0 Å². The zero-order valence-corrected chi connectivity index (χ0v) is 18.1. The fraction of sp³-hybridized carbons (Fsp3) is 0.545. The molecular weight excluding hydrogens is 384 g/mol. The lowest BCUT2D eigenvalue weighted by Crippen LogP contribution is -2.50. The van der Waals surface area contributed by atoms with Gasteiger partial charge in [-0.25, -0.2) is 9.69 Å². The number of rotatable bonds is 6. The van der Waals surface area contributed by atoms with Crippen LogP contribution < -0.4 is 5.32 Å². The average molecular weight is 415 g/mol. The number of carbonyl (C=O) groups is 4. The summed E-state index contributed by atoms with van der Waals surface area (Å²) in [6.07, 6.45) is 3.06. The quantitative estimate of drug-likeness (QED) is 0.721. The average Bonchev–Trinajstić information content (AvgIpc) is 3.29. The maximum atomic E-state index is 13.1. The number of hydrogen-bond donors (Lipinski definition) is 1. The molecular formula is C22H30N4O4. The van der Waals surface area contributed by atoms with Gasteiger partial charge < -0.3 is 15.1 Å². The van der Waals surface area contributed by atoms with Crippen LogP contribution in [-0.4, -0.2) is 70.7 Å². The van der Waals surface area contributed by atoms with Crippen molar-refractivity contribution in [2.24, 2.45) is 0 Å². The van der Waals surface area contributed by atoms with Gasteiger partial charge in [-0.15, -0.1) is 0 Å². The molecule has 1 saturated carbocycles. The Hall–Kier alpha value is -2.90. The fourth-order valence-corrected chi connectivity index (χ4v) is 4.26. The van der Waals surface area contributed by atoms with Crippen molar-refractivity contribution in [1.29, 1.82) is 0 Å². The number of nitrogens with one attached hydrogen (secondary N) is 1. The summed E-state index contributed by atoms with van der Waals surface area (Å²) in [5.41, 5.74) is 0.627.